The van der Waals surface area contributed by atoms with E-state index in [0.717, 1.165) is 23.8 Å². The Hall–Kier alpha value is -2.27. The van der Waals surface area contributed by atoms with Gasteiger partial charge in [0.15, 0.2) is 0 Å². The summed E-state index contributed by atoms with van der Waals surface area (Å²) in [6, 6.07) is 4.13. The van der Waals surface area contributed by atoms with Crippen LogP contribution in [0.15, 0.2) is 41.3 Å². The molecule has 2 aromatic carbocycles. The molecule has 0 aliphatic rings. The average Bonchev–Trinajstić information content (AvgIpc) is 2.55. The number of hydrogen-bond donors (Lipinski definition) is 2. The summed E-state index contributed by atoms with van der Waals surface area (Å²) in [6.07, 6.45) is -9.64. The van der Waals surface area contributed by atoms with Crippen molar-refractivity contribution in [2.75, 3.05) is 11.9 Å². The summed E-state index contributed by atoms with van der Waals surface area (Å²) in [6.45, 7) is 3.67. The molecule has 0 spiro atoms. The van der Waals surface area contributed by atoms with Gasteiger partial charge in [-0.05, 0) is 50.1 Å². The highest BCUT2D eigenvalue weighted by Crippen LogP contribution is 2.31. The first-order chi connectivity index (χ1) is 13.6. The van der Waals surface area contributed by atoms with Gasteiger partial charge in [-0.25, -0.2) is 8.42 Å². The van der Waals surface area contributed by atoms with E-state index in [1.165, 1.54) is 26.0 Å². The van der Waals surface area contributed by atoms with E-state index >= 15 is 0 Å². The van der Waals surface area contributed by atoms with Crippen molar-refractivity contribution in [3.63, 3.8) is 0 Å². The summed E-state index contributed by atoms with van der Waals surface area (Å²) in [5.41, 5.74) is 0.0598. The van der Waals surface area contributed by atoms with Crippen molar-refractivity contribution in [3.8, 4) is 0 Å². The average molecular weight is 454 g/mol. The highest BCUT2D eigenvalue weighted by atomic mass is 32.2. The third kappa shape index (κ3) is 5.88. The summed E-state index contributed by atoms with van der Waals surface area (Å²) in [5, 5.41) is 2.23. The minimum absolute atomic E-state index is 0.221. The van der Waals surface area contributed by atoms with Crippen LogP contribution in [0.4, 0.5) is 32.0 Å². The summed E-state index contributed by atoms with van der Waals surface area (Å²) in [7, 11) is -4.55. The van der Waals surface area contributed by atoms with Crippen molar-refractivity contribution in [1.29, 1.82) is 0 Å². The lowest BCUT2D eigenvalue weighted by atomic mass is 10.1. The van der Waals surface area contributed by atoms with Gasteiger partial charge in [-0.1, -0.05) is 23.8 Å². The molecule has 1 atom stereocenters. The van der Waals surface area contributed by atoms with Crippen LogP contribution in [0.5, 0.6) is 0 Å². The molecule has 2 rings (SSSR count). The van der Waals surface area contributed by atoms with E-state index in [4.69, 9.17) is 0 Å². The lowest BCUT2D eigenvalue weighted by molar-refractivity contribution is -0.148. The van der Waals surface area contributed by atoms with Crippen LogP contribution in [-0.4, -0.2) is 27.2 Å². The molecule has 0 aliphatic carbocycles. The van der Waals surface area contributed by atoms with E-state index in [-0.39, 0.29) is 21.7 Å². The van der Waals surface area contributed by atoms with Gasteiger partial charge in [0.1, 0.15) is 6.04 Å². The van der Waals surface area contributed by atoms with Crippen LogP contribution in [0.25, 0.3) is 0 Å². The van der Waals surface area contributed by atoms with Crippen LogP contribution in [0.1, 0.15) is 22.3 Å². The molecule has 4 nitrogen and oxygen atoms in total. The van der Waals surface area contributed by atoms with Crippen LogP contribution in [0.2, 0.25) is 0 Å². The Morgan fingerprint density at radius 3 is 2.00 bits per heavy atom. The maximum Gasteiger partial charge on any atom is 0.416 e. The molecular formula is C19H20F6N2O2S. The summed E-state index contributed by atoms with van der Waals surface area (Å²) in [5.74, 6) is 0. The van der Waals surface area contributed by atoms with Crippen LogP contribution < -0.4 is 10.0 Å². The lowest BCUT2D eigenvalue weighted by Gasteiger charge is -2.24. The number of alkyl halides is 6. The number of anilines is 1. The topological polar surface area (TPSA) is 58.2 Å². The maximum absolute atomic E-state index is 13.5. The molecule has 2 aromatic rings. The van der Waals surface area contributed by atoms with E-state index in [2.05, 4.69) is 5.32 Å². The molecule has 11 heteroatoms. The van der Waals surface area contributed by atoms with Gasteiger partial charge >= 0.3 is 12.4 Å². The highest BCUT2D eigenvalue weighted by molar-refractivity contribution is 7.89. The monoisotopic (exact) mass is 454 g/mol. The molecule has 1 unspecified atom stereocenters. The molecule has 0 heterocycles. The standard InChI is InChI=1S/C19H20F6N2O2S/c1-11-7-12(2)17(13(3)8-11)30(28,29)27-16(19(23,24)25)10-26-15-6-4-5-14(9-15)18(20,21)22/h4-9,16,26-27H,10H2,1-3H3. The number of hydrogen-bond acceptors (Lipinski definition) is 3. The zero-order valence-corrected chi connectivity index (χ0v) is 17.1. The number of rotatable bonds is 6. The predicted molar refractivity (Wildman–Crippen MR) is 101 cm³/mol. The van der Waals surface area contributed by atoms with E-state index in [1.54, 1.807) is 11.6 Å². The van der Waals surface area contributed by atoms with Crippen LogP contribution in [0.3, 0.4) is 0 Å². The molecule has 0 saturated heterocycles. The van der Waals surface area contributed by atoms with Crippen LogP contribution in [-0.2, 0) is 16.2 Å². The molecule has 30 heavy (non-hydrogen) atoms. The molecule has 0 fully saturated rings. The summed E-state index contributed by atoms with van der Waals surface area (Å²) >= 11 is 0. The van der Waals surface area contributed by atoms with Crippen LogP contribution >= 0.6 is 0 Å². The van der Waals surface area contributed by atoms with Gasteiger partial charge in [0, 0.05) is 12.2 Å². The molecule has 0 saturated carbocycles. The van der Waals surface area contributed by atoms with E-state index in [0.29, 0.717) is 6.07 Å². The lowest BCUT2D eigenvalue weighted by Crippen LogP contribution is -2.49. The number of nitrogens with one attached hydrogen (secondary N) is 2. The number of sulfonamides is 1. The van der Waals surface area contributed by atoms with E-state index in [1.807, 2.05) is 0 Å². The molecule has 2 N–H and O–H groups in total. The van der Waals surface area contributed by atoms with Gasteiger partial charge in [0.2, 0.25) is 10.0 Å². The minimum Gasteiger partial charge on any atom is -0.383 e. The SMILES string of the molecule is Cc1cc(C)c(S(=O)(=O)NC(CNc2cccc(C(F)(F)F)c2)C(F)(F)F)c(C)c1. The second-order valence-corrected chi connectivity index (χ2v) is 8.55. The molecule has 0 bridgehead atoms. The Balaban J connectivity index is 2.28. The van der Waals surface area contributed by atoms with Crippen molar-refractivity contribution in [1.82, 2.24) is 4.72 Å². The number of halogens is 6. The molecule has 166 valence electrons. The van der Waals surface area contributed by atoms with Crippen molar-refractivity contribution in [3.05, 3.63) is 58.7 Å². The first-order valence-corrected chi connectivity index (χ1v) is 10.2. The fraction of sp³-hybridized carbons (Fsp3) is 0.368. The quantitative estimate of drug-likeness (QED) is 0.608. The van der Waals surface area contributed by atoms with Gasteiger partial charge in [-0.15, -0.1) is 0 Å². The number of benzene rings is 2. The largest absolute Gasteiger partial charge is 0.416 e. The van der Waals surface area contributed by atoms with Gasteiger partial charge in [-0.2, -0.15) is 31.1 Å². The maximum atomic E-state index is 13.5. The predicted octanol–water partition coefficient (Wildman–Crippen LogP) is 4.95. The molecule has 0 radical (unpaired) electrons. The minimum atomic E-state index is -4.98. The Morgan fingerprint density at radius 2 is 1.50 bits per heavy atom. The van der Waals surface area contributed by atoms with Crippen LogP contribution in [0, 0.1) is 20.8 Å². The first-order valence-electron chi connectivity index (χ1n) is 8.69. The molecule has 0 aromatic heterocycles. The molecular weight excluding hydrogens is 434 g/mol. The summed E-state index contributed by atoms with van der Waals surface area (Å²) in [4.78, 5) is -0.263. The van der Waals surface area contributed by atoms with Crippen molar-refractivity contribution in [2.45, 2.75) is 44.1 Å². The van der Waals surface area contributed by atoms with Gasteiger partial charge in [-0.3, -0.25) is 0 Å². The van der Waals surface area contributed by atoms with E-state index in [9.17, 15) is 34.8 Å². The second-order valence-electron chi connectivity index (χ2n) is 6.90. The van der Waals surface area contributed by atoms with Gasteiger partial charge in [0.05, 0.1) is 10.5 Å². The number of aryl methyl sites for hydroxylation is 3. The summed E-state index contributed by atoms with van der Waals surface area (Å²) < 4.78 is 106. The van der Waals surface area contributed by atoms with Gasteiger partial charge < -0.3 is 5.32 Å². The Morgan fingerprint density at radius 1 is 0.933 bits per heavy atom. The Kier molecular flexibility index (Phi) is 6.77. The normalized spacial score (nSPS) is 13.9. The first kappa shape index (κ1) is 24.0. The van der Waals surface area contributed by atoms with Crippen molar-refractivity contribution < 1.29 is 34.8 Å². The third-order valence-corrected chi connectivity index (χ3v) is 6.04. The molecule has 0 aliphatic heterocycles. The smallest absolute Gasteiger partial charge is 0.383 e. The van der Waals surface area contributed by atoms with E-state index < -0.39 is 40.5 Å². The zero-order chi connectivity index (χ0) is 22.9. The Labute approximate surface area is 170 Å². The second kappa shape index (κ2) is 8.46. The highest BCUT2D eigenvalue weighted by Gasteiger charge is 2.42. The fourth-order valence-electron chi connectivity index (χ4n) is 3.09. The molecule has 0 amide bonds. The van der Waals surface area contributed by atoms with Crippen molar-refractivity contribution >= 4 is 15.7 Å². The fourth-order valence-corrected chi connectivity index (χ4v) is 4.76. The Bertz CT molecular complexity index is 993. The van der Waals surface area contributed by atoms with Gasteiger partial charge in [0.25, 0.3) is 0 Å². The zero-order valence-electron chi connectivity index (χ0n) is 16.2. The third-order valence-electron chi connectivity index (χ3n) is 4.27. The van der Waals surface area contributed by atoms with Crippen molar-refractivity contribution in [2.24, 2.45) is 0 Å².